The van der Waals surface area contributed by atoms with Crippen molar-refractivity contribution in [3.05, 3.63) is 18.2 Å². The maximum atomic E-state index is 11.6. The molecule has 23 heavy (non-hydrogen) atoms. The third-order valence-corrected chi connectivity index (χ3v) is 5.38. The van der Waals surface area contributed by atoms with Crippen LogP contribution in [0.2, 0.25) is 0 Å². The van der Waals surface area contributed by atoms with Crippen LogP contribution in [0.5, 0.6) is 0 Å². The fraction of sp³-hybridized carbons (Fsp3) is 0.765. The summed E-state index contributed by atoms with van der Waals surface area (Å²) in [7, 11) is 2.06. The molecule has 1 aromatic heterocycles. The van der Waals surface area contributed by atoms with Gasteiger partial charge >= 0.3 is 0 Å². The molecule has 6 heteroatoms. The second-order valence-corrected chi connectivity index (χ2v) is 7.09. The second-order valence-electron chi connectivity index (χ2n) is 7.09. The standard InChI is InChI=1S/C17H29N5O/c1-14-11-20(13-17-18-5-8-19(17)3)12-16(14)22-7-4-6-21(9-10-22)15(2)23/h5,8,14,16H,4,6-7,9-13H2,1-3H3/t14-,16-/m0/s1. The van der Waals surface area contributed by atoms with Crippen molar-refractivity contribution in [2.45, 2.75) is 32.9 Å². The number of nitrogens with zero attached hydrogens (tertiary/aromatic N) is 5. The first-order chi connectivity index (χ1) is 11.0. The Kier molecular flexibility index (Phi) is 5.02. The van der Waals surface area contributed by atoms with E-state index in [1.54, 1.807) is 6.92 Å². The Labute approximate surface area is 139 Å². The highest BCUT2D eigenvalue weighted by atomic mass is 16.2. The van der Waals surface area contributed by atoms with Crippen LogP contribution >= 0.6 is 0 Å². The van der Waals surface area contributed by atoms with Crippen molar-refractivity contribution >= 4 is 5.91 Å². The summed E-state index contributed by atoms with van der Waals surface area (Å²) in [6, 6.07) is 0.599. The van der Waals surface area contributed by atoms with Gasteiger partial charge in [-0.25, -0.2) is 4.98 Å². The van der Waals surface area contributed by atoms with Crippen LogP contribution < -0.4 is 0 Å². The quantitative estimate of drug-likeness (QED) is 0.826. The van der Waals surface area contributed by atoms with Crippen molar-refractivity contribution in [3.8, 4) is 0 Å². The fourth-order valence-corrected chi connectivity index (χ4v) is 3.99. The van der Waals surface area contributed by atoms with Crippen molar-refractivity contribution in [1.82, 2.24) is 24.3 Å². The number of likely N-dealkylation sites (tertiary alicyclic amines) is 1. The minimum atomic E-state index is 0.211. The smallest absolute Gasteiger partial charge is 0.219 e. The van der Waals surface area contributed by atoms with E-state index in [4.69, 9.17) is 0 Å². The van der Waals surface area contributed by atoms with Gasteiger partial charge in [0.15, 0.2) is 0 Å². The molecular formula is C17H29N5O. The normalized spacial score (nSPS) is 27.3. The molecule has 2 aliphatic heterocycles. The van der Waals surface area contributed by atoms with Gasteiger partial charge in [0.1, 0.15) is 5.82 Å². The van der Waals surface area contributed by atoms with Crippen LogP contribution in [0.1, 0.15) is 26.1 Å². The predicted octanol–water partition coefficient (Wildman–Crippen LogP) is 0.795. The number of aryl methyl sites for hydroxylation is 1. The van der Waals surface area contributed by atoms with E-state index in [1.165, 1.54) is 0 Å². The van der Waals surface area contributed by atoms with Crippen LogP contribution in [0.4, 0.5) is 0 Å². The summed E-state index contributed by atoms with van der Waals surface area (Å²) in [5, 5.41) is 0. The van der Waals surface area contributed by atoms with E-state index >= 15 is 0 Å². The lowest BCUT2D eigenvalue weighted by Crippen LogP contribution is -2.43. The van der Waals surface area contributed by atoms with Crippen LogP contribution in [-0.4, -0.2) is 75.5 Å². The lowest BCUT2D eigenvalue weighted by Gasteiger charge is -2.30. The van der Waals surface area contributed by atoms with Crippen LogP contribution in [-0.2, 0) is 18.4 Å². The molecule has 2 aliphatic rings. The zero-order valence-corrected chi connectivity index (χ0v) is 14.6. The molecule has 0 spiro atoms. The summed E-state index contributed by atoms with van der Waals surface area (Å²) in [6.07, 6.45) is 4.97. The molecule has 0 bridgehead atoms. The van der Waals surface area contributed by atoms with Crippen molar-refractivity contribution in [1.29, 1.82) is 0 Å². The topological polar surface area (TPSA) is 44.6 Å². The van der Waals surface area contributed by atoms with Crippen molar-refractivity contribution < 1.29 is 4.79 Å². The molecule has 0 N–H and O–H groups in total. The average molecular weight is 319 g/mol. The fourth-order valence-electron chi connectivity index (χ4n) is 3.99. The Morgan fingerprint density at radius 2 is 2.09 bits per heavy atom. The average Bonchev–Trinajstić information content (AvgIpc) is 2.97. The maximum absolute atomic E-state index is 11.6. The zero-order chi connectivity index (χ0) is 16.4. The third kappa shape index (κ3) is 3.75. The number of carbonyl (C=O) groups excluding carboxylic acids is 1. The van der Waals surface area contributed by atoms with Gasteiger partial charge in [-0.3, -0.25) is 14.6 Å². The summed E-state index contributed by atoms with van der Waals surface area (Å²) < 4.78 is 2.11. The van der Waals surface area contributed by atoms with E-state index in [0.29, 0.717) is 12.0 Å². The molecule has 3 rings (SSSR count). The van der Waals surface area contributed by atoms with Gasteiger partial charge in [0.25, 0.3) is 0 Å². The van der Waals surface area contributed by atoms with Gasteiger partial charge < -0.3 is 9.47 Å². The molecule has 0 unspecified atom stereocenters. The number of amides is 1. The van der Waals surface area contributed by atoms with E-state index in [1.807, 2.05) is 17.3 Å². The maximum Gasteiger partial charge on any atom is 0.219 e. The molecule has 1 aromatic rings. The van der Waals surface area contributed by atoms with Gasteiger partial charge in [-0.2, -0.15) is 0 Å². The summed E-state index contributed by atoms with van der Waals surface area (Å²) in [5.41, 5.74) is 0. The molecule has 0 aromatic carbocycles. The van der Waals surface area contributed by atoms with E-state index in [2.05, 4.69) is 33.3 Å². The lowest BCUT2D eigenvalue weighted by molar-refractivity contribution is -0.128. The molecule has 2 saturated heterocycles. The highest BCUT2D eigenvalue weighted by molar-refractivity contribution is 5.73. The second kappa shape index (κ2) is 7.01. The molecular weight excluding hydrogens is 290 g/mol. The van der Waals surface area contributed by atoms with Gasteiger partial charge in [0, 0.05) is 71.7 Å². The van der Waals surface area contributed by atoms with Crippen molar-refractivity contribution in [2.75, 3.05) is 39.3 Å². The zero-order valence-electron chi connectivity index (χ0n) is 14.6. The Hall–Kier alpha value is -1.40. The minimum Gasteiger partial charge on any atom is -0.342 e. The van der Waals surface area contributed by atoms with Gasteiger partial charge in [-0.1, -0.05) is 6.92 Å². The monoisotopic (exact) mass is 319 g/mol. The van der Waals surface area contributed by atoms with Gasteiger partial charge in [0.2, 0.25) is 5.91 Å². The molecule has 3 heterocycles. The number of carbonyl (C=O) groups is 1. The Morgan fingerprint density at radius 3 is 2.78 bits per heavy atom. The predicted molar refractivity (Wildman–Crippen MR) is 89.9 cm³/mol. The first-order valence-electron chi connectivity index (χ1n) is 8.72. The van der Waals surface area contributed by atoms with E-state index in [-0.39, 0.29) is 5.91 Å². The molecule has 1 amide bonds. The minimum absolute atomic E-state index is 0.211. The van der Waals surface area contributed by atoms with Crippen molar-refractivity contribution in [3.63, 3.8) is 0 Å². The molecule has 0 saturated carbocycles. The van der Waals surface area contributed by atoms with Crippen LogP contribution in [0.15, 0.2) is 12.4 Å². The molecule has 0 aliphatic carbocycles. The van der Waals surface area contributed by atoms with E-state index < -0.39 is 0 Å². The van der Waals surface area contributed by atoms with Crippen LogP contribution in [0.3, 0.4) is 0 Å². The molecule has 6 nitrogen and oxygen atoms in total. The van der Waals surface area contributed by atoms with Crippen LogP contribution in [0, 0.1) is 5.92 Å². The van der Waals surface area contributed by atoms with Crippen LogP contribution in [0.25, 0.3) is 0 Å². The highest BCUT2D eigenvalue weighted by Crippen LogP contribution is 2.24. The first-order valence-corrected chi connectivity index (χ1v) is 8.72. The number of imidazole rings is 1. The largest absolute Gasteiger partial charge is 0.342 e. The summed E-state index contributed by atoms with van der Waals surface area (Å²) in [6.45, 7) is 11.1. The molecule has 128 valence electrons. The van der Waals surface area contributed by atoms with E-state index in [9.17, 15) is 4.79 Å². The van der Waals surface area contributed by atoms with Gasteiger partial charge in [-0.15, -0.1) is 0 Å². The third-order valence-electron chi connectivity index (χ3n) is 5.38. The molecule has 0 radical (unpaired) electrons. The number of aromatic nitrogens is 2. The summed E-state index contributed by atoms with van der Waals surface area (Å²) >= 11 is 0. The molecule has 2 fully saturated rings. The summed E-state index contributed by atoms with van der Waals surface area (Å²) in [4.78, 5) is 23.2. The number of hydrogen-bond acceptors (Lipinski definition) is 4. The number of rotatable bonds is 3. The Morgan fingerprint density at radius 1 is 1.26 bits per heavy atom. The van der Waals surface area contributed by atoms with Gasteiger partial charge in [0.05, 0.1) is 6.54 Å². The molecule has 2 atom stereocenters. The Bertz CT molecular complexity index is 543. The lowest BCUT2D eigenvalue weighted by atomic mass is 10.0. The summed E-state index contributed by atoms with van der Waals surface area (Å²) in [5.74, 6) is 2.01. The highest BCUT2D eigenvalue weighted by Gasteiger charge is 2.34. The van der Waals surface area contributed by atoms with Gasteiger partial charge in [-0.05, 0) is 12.3 Å². The Balaban J connectivity index is 1.58. The number of hydrogen-bond donors (Lipinski definition) is 0. The SMILES string of the molecule is CC(=O)N1CCCN([C@H]2CN(Cc3nccn3C)C[C@@H]2C)CC1. The van der Waals surface area contributed by atoms with Crippen molar-refractivity contribution in [2.24, 2.45) is 13.0 Å². The first kappa shape index (κ1) is 16.5. The van der Waals surface area contributed by atoms with E-state index in [0.717, 1.165) is 58.1 Å².